The number of rotatable bonds is 3. The monoisotopic (exact) mass is 351 g/mol. The molecule has 4 aromatic rings. The van der Waals surface area contributed by atoms with E-state index in [9.17, 15) is 0 Å². The molecule has 1 aromatic heterocycles. The maximum absolute atomic E-state index is 5.03. The molecule has 1 nitrogen and oxygen atoms in total. The Labute approximate surface area is 161 Å². The molecule has 1 heteroatoms. The molecule has 0 aliphatic carbocycles. The molecular weight excluding hydrogens is 326 g/mol. The smallest absolute Gasteiger partial charge is 0.0705 e. The minimum absolute atomic E-state index is 0.133. The minimum Gasteiger partial charge on any atom is -0.252 e. The van der Waals surface area contributed by atoms with Crippen molar-refractivity contribution in [2.45, 2.75) is 33.6 Å². The number of aryl methyl sites for hydroxylation is 4. The summed E-state index contributed by atoms with van der Waals surface area (Å²) in [6.07, 6.45) is 0. The van der Waals surface area contributed by atoms with Crippen LogP contribution in [0.5, 0.6) is 0 Å². The van der Waals surface area contributed by atoms with Gasteiger partial charge in [-0.3, -0.25) is 4.98 Å². The van der Waals surface area contributed by atoms with Crippen molar-refractivity contribution in [1.29, 1.82) is 0 Å². The van der Waals surface area contributed by atoms with Crippen LogP contribution < -0.4 is 0 Å². The largest absolute Gasteiger partial charge is 0.252 e. The second-order valence-electron chi connectivity index (χ2n) is 7.55. The van der Waals surface area contributed by atoms with Gasteiger partial charge in [0.1, 0.15) is 0 Å². The first-order valence-corrected chi connectivity index (χ1v) is 9.53. The van der Waals surface area contributed by atoms with Crippen molar-refractivity contribution in [3.05, 3.63) is 112 Å². The van der Waals surface area contributed by atoms with Crippen molar-refractivity contribution in [3.8, 4) is 0 Å². The maximum Gasteiger partial charge on any atom is 0.0705 e. The normalized spacial score (nSPS) is 11.3. The third kappa shape index (κ3) is 3.38. The van der Waals surface area contributed by atoms with Crippen LogP contribution in [0.25, 0.3) is 10.9 Å². The van der Waals surface area contributed by atoms with Crippen LogP contribution in [0, 0.1) is 27.7 Å². The van der Waals surface area contributed by atoms with Gasteiger partial charge in [0.15, 0.2) is 0 Å². The molecule has 0 amide bonds. The average Bonchev–Trinajstić information content (AvgIpc) is 2.67. The summed E-state index contributed by atoms with van der Waals surface area (Å²) in [5, 5.41) is 1.18. The highest BCUT2D eigenvalue weighted by molar-refractivity contribution is 5.78. The van der Waals surface area contributed by atoms with Crippen LogP contribution in [0.3, 0.4) is 0 Å². The van der Waals surface area contributed by atoms with E-state index in [4.69, 9.17) is 4.98 Å². The molecule has 0 bridgehead atoms. The fourth-order valence-electron chi connectivity index (χ4n) is 3.66. The lowest BCUT2D eigenvalue weighted by atomic mass is 9.85. The van der Waals surface area contributed by atoms with Gasteiger partial charge in [0, 0.05) is 5.39 Å². The molecule has 1 heterocycles. The van der Waals surface area contributed by atoms with Gasteiger partial charge in [0.2, 0.25) is 0 Å². The number of hydrogen-bond donors (Lipinski definition) is 0. The summed E-state index contributed by atoms with van der Waals surface area (Å²) in [6, 6.07) is 26.3. The van der Waals surface area contributed by atoms with E-state index in [1.54, 1.807) is 0 Å². The number of hydrogen-bond acceptors (Lipinski definition) is 1. The van der Waals surface area contributed by atoms with Crippen molar-refractivity contribution in [2.24, 2.45) is 0 Å². The lowest BCUT2D eigenvalue weighted by molar-refractivity contribution is 0.922. The van der Waals surface area contributed by atoms with Gasteiger partial charge in [-0.1, -0.05) is 60.7 Å². The first kappa shape index (κ1) is 17.5. The number of pyridine rings is 1. The minimum atomic E-state index is 0.133. The lowest BCUT2D eigenvalue weighted by Crippen LogP contribution is -2.07. The van der Waals surface area contributed by atoms with Gasteiger partial charge in [0.25, 0.3) is 0 Å². The Morgan fingerprint density at radius 1 is 0.593 bits per heavy atom. The van der Waals surface area contributed by atoms with Crippen LogP contribution in [-0.2, 0) is 0 Å². The third-order valence-electron chi connectivity index (χ3n) is 5.64. The molecule has 0 aliphatic rings. The average molecular weight is 351 g/mol. The number of benzene rings is 3. The van der Waals surface area contributed by atoms with E-state index in [0.717, 1.165) is 11.2 Å². The fraction of sp³-hybridized carbons (Fsp3) is 0.192. The molecule has 0 radical (unpaired) electrons. The summed E-state index contributed by atoms with van der Waals surface area (Å²) in [5.41, 5.74) is 10.0. The summed E-state index contributed by atoms with van der Waals surface area (Å²) in [5.74, 6) is 0.133. The number of aromatic nitrogens is 1. The summed E-state index contributed by atoms with van der Waals surface area (Å²) in [7, 11) is 0. The van der Waals surface area contributed by atoms with Gasteiger partial charge in [-0.2, -0.15) is 0 Å². The van der Waals surface area contributed by atoms with Crippen molar-refractivity contribution >= 4 is 10.9 Å². The van der Waals surface area contributed by atoms with Crippen molar-refractivity contribution in [1.82, 2.24) is 4.98 Å². The van der Waals surface area contributed by atoms with E-state index >= 15 is 0 Å². The van der Waals surface area contributed by atoms with E-state index in [1.807, 2.05) is 0 Å². The van der Waals surface area contributed by atoms with Gasteiger partial charge in [0.05, 0.1) is 17.1 Å². The topological polar surface area (TPSA) is 12.9 Å². The van der Waals surface area contributed by atoms with E-state index in [0.29, 0.717) is 0 Å². The van der Waals surface area contributed by atoms with Crippen LogP contribution >= 0.6 is 0 Å². The van der Waals surface area contributed by atoms with Crippen LogP contribution in [-0.4, -0.2) is 4.98 Å². The molecule has 27 heavy (non-hydrogen) atoms. The van der Waals surface area contributed by atoms with Gasteiger partial charge >= 0.3 is 0 Å². The molecular formula is C26H25N. The number of fused-ring (bicyclic) bond motifs is 1. The van der Waals surface area contributed by atoms with Crippen molar-refractivity contribution in [3.63, 3.8) is 0 Å². The van der Waals surface area contributed by atoms with Crippen LogP contribution in [0.2, 0.25) is 0 Å². The molecule has 3 aromatic carbocycles. The third-order valence-corrected chi connectivity index (χ3v) is 5.64. The van der Waals surface area contributed by atoms with E-state index in [1.165, 1.54) is 38.8 Å². The van der Waals surface area contributed by atoms with Crippen molar-refractivity contribution < 1.29 is 0 Å². The molecule has 0 saturated carbocycles. The zero-order valence-electron chi connectivity index (χ0n) is 16.5. The van der Waals surface area contributed by atoms with E-state index in [-0.39, 0.29) is 5.92 Å². The fourth-order valence-corrected chi connectivity index (χ4v) is 3.66. The maximum atomic E-state index is 5.03. The summed E-state index contributed by atoms with van der Waals surface area (Å²) < 4.78 is 0. The lowest BCUT2D eigenvalue weighted by Gasteiger charge is -2.20. The Balaban J connectivity index is 1.93. The van der Waals surface area contributed by atoms with Crippen LogP contribution in [0.4, 0.5) is 0 Å². The SMILES string of the molecule is Cc1ccc(C(c2ccc(C)c(C)c2)c2ccc3ccccc3n2)cc1C. The highest BCUT2D eigenvalue weighted by atomic mass is 14.7. The quantitative estimate of drug-likeness (QED) is 0.403. The van der Waals surface area contributed by atoms with Crippen molar-refractivity contribution in [2.75, 3.05) is 0 Å². The molecule has 0 fully saturated rings. The standard InChI is InChI=1S/C26H25N/c1-17-9-11-22(15-19(17)3)26(23-12-10-18(2)20(4)16-23)25-14-13-21-7-5-6-8-24(21)27-25/h5-16,26H,1-4H3. The van der Waals surface area contributed by atoms with Crippen LogP contribution in [0.15, 0.2) is 72.8 Å². The van der Waals surface area contributed by atoms with E-state index < -0.39 is 0 Å². The summed E-state index contributed by atoms with van der Waals surface area (Å²) in [6.45, 7) is 8.70. The van der Waals surface area contributed by atoms with Gasteiger partial charge < -0.3 is 0 Å². The van der Waals surface area contributed by atoms with E-state index in [2.05, 4.69) is 100 Å². The predicted molar refractivity (Wildman–Crippen MR) is 115 cm³/mol. The zero-order valence-corrected chi connectivity index (χ0v) is 16.5. The molecule has 0 N–H and O–H groups in total. The molecule has 0 aliphatic heterocycles. The second kappa shape index (κ2) is 7.00. The number of para-hydroxylation sites is 1. The Kier molecular flexibility index (Phi) is 4.53. The highest BCUT2D eigenvalue weighted by Crippen LogP contribution is 2.33. The zero-order chi connectivity index (χ0) is 19.0. The highest BCUT2D eigenvalue weighted by Gasteiger charge is 2.19. The summed E-state index contributed by atoms with van der Waals surface area (Å²) >= 11 is 0. The summed E-state index contributed by atoms with van der Waals surface area (Å²) in [4.78, 5) is 5.03. The van der Waals surface area contributed by atoms with Crippen LogP contribution in [0.1, 0.15) is 45.0 Å². The van der Waals surface area contributed by atoms with Gasteiger partial charge in [-0.25, -0.2) is 0 Å². The molecule has 0 saturated heterocycles. The predicted octanol–water partition coefficient (Wildman–Crippen LogP) is 6.65. The Bertz CT molecular complexity index is 1070. The number of nitrogens with zero attached hydrogens (tertiary/aromatic N) is 1. The van der Waals surface area contributed by atoms with Gasteiger partial charge in [-0.15, -0.1) is 0 Å². The first-order chi connectivity index (χ1) is 13.0. The second-order valence-corrected chi connectivity index (χ2v) is 7.55. The Hall–Kier alpha value is -2.93. The molecule has 0 unspecified atom stereocenters. The molecule has 134 valence electrons. The molecule has 0 spiro atoms. The first-order valence-electron chi connectivity index (χ1n) is 9.53. The molecule has 4 rings (SSSR count). The van der Waals surface area contributed by atoms with Gasteiger partial charge in [-0.05, 0) is 73.2 Å². The Morgan fingerprint density at radius 2 is 1.19 bits per heavy atom. The molecule has 0 atom stereocenters. The Morgan fingerprint density at radius 3 is 1.78 bits per heavy atom.